The number of ketones is 1. The van der Waals surface area contributed by atoms with Crippen LogP contribution in [0, 0.1) is 23.7 Å². The van der Waals surface area contributed by atoms with E-state index in [1.54, 1.807) is 6.92 Å². The SMILES string of the molecule is CC1CCCC(C)C1C.CCC(CC(C)=O)C(=O)O. The topological polar surface area (TPSA) is 54.4 Å². The summed E-state index contributed by atoms with van der Waals surface area (Å²) in [7, 11) is 0. The first-order chi connectivity index (χ1) is 8.79. The maximum absolute atomic E-state index is 10.5. The Bertz CT molecular complexity index is 276. The second-order valence-corrected chi connectivity index (χ2v) is 6.09. The van der Waals surface area contributed by atoms with Crippen LogP contribution in [0.1, 0.15) is 66.7 Å². The van der Waals surface area contributed by atoms with Gasteiger partial charge in [-0.2, -0.15) is 0 Å². The van der Waals surface area contributed by atoms with E-state index in [1.165, 1.54) is 26.2 Å². The van der Waals surface area contributed by atoms with Crippen molar-refractivity contribution in [3.05, 3.63) is 0 Å². The fraction of sp³-hybridized carbons (Fsp3) is 0.875. The Morgan fingerprint density at radius 3 is 1.84 bits per heavy atom. The van der Waals surface area contributed by atoms with Crippen LogP contribution in [-0.2, 0) is 9.59 Å². The number of carbonyl (C=O) groups excluding carboxylic acids is 1. The third kappa shape index (κ3) is 7.34. The average molecular weight is 270 g/mol. The second kappa shape index (κ2) is 9.11. The summed E-state index contributed by atoms with van der Waals surface area (Å²) in [5.74, 6) is 1.51. The summed E-state index contributed by atoms with van der Waals surface area (Å²) in [6, 6.07) is 0. The van der Waals surface area contributed by atoms with Crippen molar-refractivity contribution in [2.45, 2.75) is 66.7 Å². The standard InChI is InChI=1S/C9H18.C7H12O3/c1-7-5-4-6-8(2)9(7)3;1-3-6(7(9)10)4-5(2)8/h7-9H,4-6H2,1-3H3;6H,3-4H2,1-2H3,(H,9,10). The van der Waals surface area contributed by atoms with E-state index < -0.39 is 11.9 Å². The van der Waals surface area contributed by atoms with Crippen molar-refractivity contribution in [3.63, 3.8) is 0 Å². The largest absolute Gasteiger partial charge is 0.481 e. The monoisotopic (exact) mass is 270 g/mol. The number of carboxylic acids is 1. The minimum absolute atomic E-state index is 0.0609. The van der Waals surface area contributed by atoms with Gasteiger partial charge in [0.25, 0.3) is 0 Å². The number of carboxylic acid groups (broad SMARTS) is 1. The van der Waals surface area contributed by atoms with Crippen LogP contribution in [0.5, 0.6) is 0 Å². The molecular weight excluding hydrogens is 240 g/mol. The van der Waals surface area contributed by atoms with Crippen LogP contribution >= 0.6 is 0 Å². The molecule has 3 heteroatoms. The molecule has 0 heterocycles. The lowest BCUT2D eigenvalue weighted by atomic mass is 9.75. The number of hydrogen-bond acceptors (Lipinski definition) is 2. The zero-order chi connectivity index (χ0) is 15.0. The van der Waals surface area contributed by atoms with Crippen LogP contribution in [0.15, 0.2) is 0 Å². The molecule has 0 aromatic carbocycles. The maximum atomic E-state index is 10.5. The van der Waals surface area contributed by atoms with Crippen molar-refractivity contribution < 1.29 is 14.7 Å². The zero-order valence-corrected chi connectivity index (χ0v) is 13.1. The van der Waals surface area contributed by atoms with Crippen LogP contribution in [-0.4, -0.2) is 16.9 Å². The molecule has 0 aromatic heterocycles. The van der Waals surface area contributed by atoms with E-state index >= 15 is 0 Å². The molecule has 1 fully saturated rings. The van der Waals surface area contributed by atoms with Crippen molar-refractivity contribution in [1.29, 1.82) is 0 Å². The molecule has 1 aliphatic rings. The third-order valence-corrected chi connectivity index (χ3v) is 4.49. The summed E-state index contributed by atoms with van der Waals surface area (Å²) in [4.78, 5) is 20.8. The summed E-state index contributed by atoms with van der Waals surface area (Å²) < 4.78 is 0. The lowest BCUT2D eigenvalue weighted by Crippen LogP contribution is -2.21. The first-order valence-corrected chi connectivity index (χ1v) is 7.51. The molecule has 112 valence electrons. The Morgan fingerprint density at radius 1 is 1.16 bits per heavy atom. The van der Waals surface area contributed by atoms with Gasteiger partial charge >= 0.3 is 5.97 Å². The van der Waals surface area contributed by atoms with E-state index in [-0.39, 0.29) is 12.2 Å². The van der Waals surface area contributed by atoms with Crippen LogP contribution in [0.2, 0.25) is 0 Å². The van der Waals surface area contributed by atoms with E-state index in [0.29, 0.717) is 6.42 Å². The Morgan fingerprint density at radius 2 is 1.63 bits per heavy atom. The number of hydrogen-bond donors (Lipinski definition) is 1. The molecule has 3 atom stereocenters. The number of carbonyl (C=O) groups is 2. The molecule has 3 nitrogen and oxygen atoms in total. The van der Waals surface area contributed by atoms with Crippen molar-refractivity contribution in [2.75, 3.05) is 0 Å². The van der Waals surface area contributed by atoms with Gasteiger partial charge < -0.3 is 9.90 Å². The molecule has 1 aliphatic carbocycles. The summed E-state index contributed by atoms with van der Waals surface area (Å²) >= 11 is 0. The van der Waals surface area contributed by atoms with Crippen LogP contribution in [0.4, 0.5) is 0 Å². The fourth-order valence-electron chi connectivity index (χ4n) is 2.60. The highest BCUT2D eigenvalue weighted by molar-refractivity contribution is 5.81. The van der Waals surface area contributed by atoms with Gasteiger partial charge in [-0.05, 0) is 31.1 Å². The van der Waals surface area contributed by atoms with Crippen LogP contribution < -0.4 is 0 Å². The van der Waals surface area contributed by atoms with Crippen LogP contribution in [0.25, 0.3) is 0 Å². The van der Waals surface area contributed by atoms with Gasteiger partial charge in [0.1, 0.15) is 5.78 Å². The smallest absolute Gasteiger partial charge is 0.306 e. The molecule has 0 radical (unpaired) electrons. The predicted octanol–water partition coefficient (Wildman–Crippen LogP) is 4.15. The Hall–Kier alpha value is -0.860. The second-order valence-electron chi connectivity index (χ2n) is 6.09. The number of Topliss-reactive ketones (excluding diaryl/α,β-unsaturated/α-hetero) is 1. The highest BCUT2D eigenvalue weighted by Gasteiger charge is 2.22. The molecule has 0 amide bonds. The molecule has 0 bridgehead atoms. The highest BCUT2D eigenvalue weighted by Crippen LogP contribution is 2.33. The summed E-state index contributed by atoms with van der Waals surface area (Å²) in [5, 5.41) is 8.47. The molecule has 0 spiro atoms. The van der Waals surface area contributed by atoms with Crippen LogP contribution in [0.3, 0.4) is 0 Å². The molecule has 1 N–H and O–H groups in total. The number of rotatable bonds is 4. The van der Waals surface area contributed by atoms with E-state index in [1.807, 2.05) is 0 Å². The summed E-state index contributed by atoms with van der Waals surface area (Å²) in [5.41, 5.74) is 0. The fourth-order valence-corrected chi connectivity index (χ4v) is 2.60. The zero-order valence-electron chi connectivity index (χ0n) is 13.1. The molecule has 0 aromatic rings. The normalized spacial score (nSPS) is 27.9. The van der Waals surface area contributed by atoms with Crippen molar-refractivity contribution in [3.8, 4) is 0 Å². The van der Waals surface area contributed by atoms with Gasteiger partial charge in [-0.25, -0.2) is 0 Å². The molecule has 0 saturated heterocycles. The summed E-state index contributed by atoms with van der Waals surface area (Å²) in [6.45, 7) is 10.3. The van der Waals surface area contributed by atoms with E-state index in [0.717, 1.165) is 17.8 Å². The van der Waals surface area contributed by atoms with Crippen molar-refractivity contribution in [2.24, 2.45) is 23.7 Å². The first-order valence-electron chi connectivity index (χ1n) is 7.51. The van der Waals surface area contributed by atoms with Gasteiger partial charge in [-0.15, -0.1) is 0 Å². The lowest BCUT2D eigenvalue weighted by molar-refractivity contribution is -0.143. The van der Waals surface area contributed by atoms with Gasteiger partial charge in [0.2, 0.25) is 0 Å². The molecule has 0 aliphatic heterocycles. The van der Waals surface area contributed by atoms with E-state index in [2.05, 4.69) is 20.8 Å². The predicted molar refractivity (Wildman–Crippen MR) is 78.1 cm³/mol. The number of aliphatic carboxylic acids is 1. The maximum Gasteiger partial charge on any atom is 0.306 e. The van der Waals surface area contributed by atoms with Gasteiger partial charge in [0.15, 0.2) is 0 Å². The van der Waals surface area contributed by atoms with Gasteiger partial charge in [-0.3, -0.25) is 4.79 Å². The molecule has 19 heavy (non-hydrogen) atoms. The van der Waals surface area contributed by atoms with Crippen molar-refractivity contribution >= 4 is 11.8 Å². The van der Waals surface area contributed by atoms with Crippen molar-refractivity contribution in [1.82, 2.24) is 0 Å². The van der Waals surface area contributed by atoms with E-state index in [4.69, 9.17) is 5.11 Å². The van der Waals surface area contributed by atoms with Gasteiger partial charge in [-0.1, -0.05) is 47.0 Å². The summed E-state index contributed by atoms with van der Waals surface area (Å²) in [6.07, 6.45) is 5.07. The minimum atomic E-state index is -0.877. The quantitative estimate of drug-likeness (QED) is 0.834. The highest BCUT2D eigenvalue weighted by atomic mass is 16.4. The Labute approximate surface area is 117 Å². The molecule has 3 unspecified atom stereocenters. The lowest BCUT2D eigenvalue weighted by Gasteiger charge is -2.31. The van der Waals surface area contributed by atoms with Gasteiger partial charge in [0, 0.05) is 6.42 Å². The first kappa shape index (κ1) is 18.1. The minimum Gasteiger partial charge on any atom is -0.481 e. The van der Waals surface area contributed by atoms with Gasteiger partial charge in [0.05, 0.1) is 5.92 Å². The average Bonchev–Trinajstić information content (AvgIpc) is 2.33. The Kier molecular flexibility index (Phi) is 8.70. The molecule has 1 rings (SSSR count). The molecular formula is C16H30O3. The third-order valence-electron chi connectivity index (χ3n) is 4.49. The Balaban J connectivity index is 0.000000342. The van der Waals surface area contributed by atoms with E-state index in [9.17, 15) is 9.59 Å². The molecule has 1 saturated carbocycles.